The van der Waals surface area contributed by atoms with Crippen LogP contribution in [0.3, 0.4) is 0 Å². The van der Waals surface area contributed by atoms with Crippen LogP contribution in [0.25, 0.3) is 0 Å². The minimum absolute atomic E-state index is 0.0552. The Morgan fingerprint density at radius 3 is 2.45 bits per heavy atom. The van der Waals surface area contributed by atoms with E-state index in [1.54, 1.807) is 6.07 Å². The summed E-state index contributed by atoms with van der Waals surface area (Å²) in [5.41, 5.74) is 4.43. The van der Waals surface area contributed by atoms with Gasteiger partial charge in [0.05, 0.1) is 24.8 Å². The van der Waals surface area contributed by atoms with Gasteiger partial charge in [-0.1, -0.05) is 60.7 Å². The summed E-state index contributed by atoms with van der Waals surface area (Å²) in [7, 11) is 1.37. The lowest BCUT2D eigenvalue weighted by Gasteiger charge is -2.39. The molecule has 6 nitrogen and oxygen atoms in total. The monoisotopic (exact) mass is 442 g/mol. The largest absolute Gasteiger partial charge is 0.465 e. The predicted molar refractivity (Wildman–Crippen MR) is 125 cm³/mol. The summed E-state index contributed by atoms with van der Waals surface area (Å²) >= 11 is 0. The van der Waals surface area contributed by atoms with E-state index in [0.717, 1.165) is 23.2 Å². The molecular formula is C27H26N2O4. The normalized spacial score (nSPS) is 20.9. The Morgan fingerprint density at radius 2 is 1.73 bits per heavy atom. The molecule has 0 aliphatic carbocycles. The van der Waals surface area contributed by atoms with Crippen LogP contribution in [0.2, 0.25) is 0 Å². The molecule has 2 aliphatic heterocycles. The zero-order valence-corrected chi connectivity index (χ0v) is 18.4. The molecule has 0 aromatic heterocycles. The molecule has 0 radical (unpaired) electrons. The Balaban J connectivity index is 1.48. The van der Waals surface area contributed by atoms with Crippen LogP contribution in [0.15, 0.2) is 78.9 Å². The minimum Gasteiger partial charge on any atom is -0.465 e. The smallest absolute Gasteiger partial charge is 0.410 e. The molecule has 168 valence electrons. The van der Waals surface area contributed by atoms with Gasteiger partial charge in [-0.2, -0.15) is 0 Å². The third kappa shape index (κ3) is 4.04. The van der Waals surface area contributed by atoms with Crippen molar-refractivity contribution in [1.29, 1.82) is 0 Å². The Morgan fingerprint density at radius 1 is 1.00 bits per heavy atom. The zero-order chi connectivity index (χ0) is 22.8. The highest BCUT2D eigenvalue weighted by molar-refractivity contribution is 5.90. The van der Waals surface area contributed by atoms with E-state index >= 15 is 0 Å². The lowest BCUT2D eigenvalue weighted by molar-refractivity contribution is 0.0600. The van der Waals surface area contributed by atoms with E-state index in [2.05, 4.69) is 17.4 Å². The Kier molecular flexibility index (Phi) is 5.73. The Hall–Kier alpha value is -3.80. The van der Waals surface area contributed by atoms with Gasteiger partial charge in [-0.3, -0.25) is 0 Å². The summed E-state index contributed by atoms with van der Waals surface area (Å²) in [6.07, 6.45) is 0.494. The lowest BCUT2D eigenvalue weighted by Crippen LogP contribution is -2.38. The Labute approximate surface area is 193 Å². The zero-order valence-electron chi connectivity index (χ0n) is 18.4. The molecule has 3 atom stereocenters. The Bertz CT molecular complexity index is 1150. The maximum Gasteiger partial charge on any atom is 0.410 e. The summed E-state index contributed by atoms with van der Waals surface area (Å²) in [6, 6.07) is 25.3. The van der Waals surface area contributed by atoms with Crippen LogP contribution in [-0.4, -0.2) is 30.6 Å². The SMILES string of the molecule is COC(=O)c1ccc2c(c1)C1C(CCN1C(=O)OCc1ccccc1)C(c1ccccc1)N2. The molecule has 0 bridgehead atoms. The highest BCUT2D eigenvalue weighted by Crippen LogP contribution is 2.51. The number of ether oxygens (including phenoxy) is 2. The van der Waals surface area contributed by atoms with E-state index in [0.29, 0.717) is 12.1 Å². The molecule has 6 heteroatoms. The van der Waals surface area contributed by atoms with E-state index in [1.807, 2.05) is 65.6 Å². The summed E-state index contributed by atoms with van der Waals surface area (Å²) in [5, 5.41) is 3.66. The standard InChI is InChI=1S/C27H26N2O4/c1-32-26(30)20-12-13-23-22(16-20)25-21(24(28-23)19-10-6-3-7-11-19)14-15-29(25)27(31)33-17-18-8-4-2-5-9-18/h2-13,16,21,24-25,28H,14-15,17H2,1H3. The van der Waals surface area contributed by atoms with Crippen molar-refractivity contribution < 1.29 is 19.1 Å². The lowest BCUT2D eigenvalue weighted by atomic mass is 9.79. The van der Waals surface area contributed by atoms with Crippen LogP contribution < -0.4 is 5.32 Å². The number of methoxy groups -OCH3 is 1. The molecule has 0 saturated carbocycles. The molecule has 3 aromatic rings. The number of likely N-dealkylation sites (tertiary alicyclic amines) is 1. The fourth-order valence-electron chi connectivity index (χ4n) is 5.02. The summed E-state index contributed by atoms with van der Waals surface area (Å²) < 4.78 is 10.6. The molecule has 1 amide bonds. The maximum absolute atomic E-state index is 13.2. The van der Waals surface area contributed by atoms with Crippen LogP contribution in [0.1, 0.15) is 45.6 Å². The predicted octanol–water partition coefficient (Wildman–Crippen LogP) is 5.34. The van der Waals surface area contributed by atoms with Crippen LogP contribution in [0.4, 0.5) is 10.5 Å². The third-order valence-electron chi connectivity index (χ3n) is 6.57. The van der Waals surface area contributed by atoms with E-state index < -0.39 is 5.97 Å². The van der Waals surface area contributed by atoms with Crippen molar-refractivity contribution in [1.82, 2.24) is 4.90 Å². The van der Waals surface area contributed by atoms with Crippen molar-refractivity contribution in [3.63, 3.8) is 0 Å². The molecule has 1 fully saturated rings. The number of benzene rings is 3. The summed E-state index contributed by atoms with van der Waals surface area (Å²) in [6.45, 7) is 0.818. The number of esters is 1. The van der Waals surface area contributed by atoms with E-state index in [4.69, 9.17) is 9.47 Å². The van der Waals surface area contributed by atoms with Gasteiger partial charge in [0.25, 0.3) is 0 Å². The molecule has 1 saturated heterocycles. The van der Waals surface area contributed by atoms with E-state index in [-0.39, 0.29) is 30.7 Å². The number of hydrogen-bond acceptors (Lipinski definition) is 5. The van der Waals surface area contributed by atoms with Crippen LogP contribution in [0.5, 0.6) is 0 Å². The second kappa shape index (κ2) is 8.98. The van der Waals surface area contributed by atoms with Gasteiger partial charge in [0.1, 0.15) is 6.61 Å². The molecule has 2 heterocycles. The molecule has 2 aliphatic rings. The van der Waals surface area contributed by atoms with Gasteiger partial charge in [-0.15, -0.1) is 0 Å². The first-order valence-corrected chi connectivity index (χ1v) is 11.2. The number of hydrogen-bond donors (Lipinski definition) is 1. The van der Waals surface area contributed by atoms with Crippen molar-refractivity contribution in [3.05, 3.63) is 101 Å². The first-order chi connectivity index (χ1) is 16.2. The van der Waals surface area contributed by atoms with Crippen molar-refractivity contribution in [3.8, 4) is 0 Å². The van der Waals surface area contributed by atoms with Gasteiger partial charge < -0.3 is 19.7 Å². The number of nitrogens with zero attached hydrogens (tertiary/aromatic N) is 1. The number of rotatable bonds is 4. The third-order valence-corrected chi connectivity index (χ3v) is 6.57. The highest BCUT2D eigenvalue weighted by Gasteiger charge is 2.47. The van der Waals surface area contributed by atoms with Crippen LogP contribution >= 0.6 is 0 Å². The maximum atomic E-state index is 13.2. The van der Waals surface area contributed by atoms with E-state index in [9.17, 15) is 9.59 Å². The van der Waals surface area contributed by atoms with Gasteiger partial charge in [-0.25, -0.2) is 9.59 Å². The number of anilines is 1. The van der Waals surface area contributed by atoms with Gasteiger partial charge in [-0.05, 0) is 41.3 Å². The second-order valence-corrected chi connectivity index (χ2v) is 8.46. The van der Waals surface area contributed by atoms with Gasteiger partial charge in [0.2, 0.25) is 0 Å². The molecule has 33 heavy (non-hydrogen) atoms. The fraction of sp³-hybridized carbons (Fsp3) is 0.259. The first kappa shape index (κ1) is 21.1. The summed E-state index contributed by atoms with van der Waals surface area (Å²) in [5.74, 6) is -0.243. The average molecular weight is 443 g/mol. The average Bonchev–Trinajstić information content (AvgIpc) is 3.33. The van der Waals surface area contributed by atoms with Crippen LogP contribution in [0, 0.1) is 5.92 Å². The molecule has 3 aromatic carbocycles. The van der Waals surface area contributed by atoms with Gasteiger partial charge in [0, 0.05) is 18.2 Å². The topological polar surface area (TPSA) is 67.9 Å². The molecule has 1 N–H and O–H groups in total. The van der Waals surface area contributed by atoms with Crippen molar-refractivity contribution >= 4 is 17.7 Å². The van der Waals surface area contributed by atoms with Crippen LogP contribution in [-0.2, 0) is 16.1 Å². The fourth-order valence-corrected chi connectivity index (χ4v) is 5.02. The quantitative estimate of drug-likeness (QED) is 0.553. The molecular weight excluding hydrogens is 416 g/mol. The van der Waals surface area contributed by atoms with Crippen molar-refractivity contribution in [2.45, 2.75) is 25.1 Å². The number of amides is 1. The number of carbonyl (C=O) groups excluding carboxylic acids is 2. The molecule has 5 rings (SSSR count). The number of fused-ring (bicyclic) bond motifs is 3. The molecule has 3 unspecified atom stereocenters. The highest BCUT2D eigenvalue weighted by atomic mass is 16.6. The second-order valence-electron chi connectivity index (χ2n) is 8.46. The van der Waals surface area contributed by atoms with Crippen molar-refractivity contribution in [2.75, 3.05) is 19.0 Å². The van der Waals surface area contributed by atoms with Crippen molar-refractivity contribution in [2.24, 2.45) is 5.92 Å². The molecule has 0 spiro atoms. The van der Waals surface area contributed by atoms with E-state index in [1.165, 1.54) is 12.7 Å². The first-order valence-electron chi connectivity index (χ1n) is 11.2. The number of nitrogens with one attached hydrogen (secondary N) is 1. The minimum atomic E-state index is -0.393. The summed E-state index contributed by atoms with van der Waals surface area (Å²) in [4.78, 5) is 27.2. The van der Waals surface area contributed by atoms with Gasteiger partial charge in [0.15, 0.2) is 0 Å². The number of carbonyl (C=O) groups is 2. The van der Waals surface area contributed by atoms with Gasteiger partial charge >= 0.3 is 12.1 Å².